The summed E-state index contributed by atoms with van der Waals surface area (Å²) in [6, 6.07) is 9.97. The van der Waals surface area contributed by atoms with Gasteiger partial charge in [-0.15, -0.1) is 0 Å². The van der Waals surface area contributed by atoms with E-state index in [0.29, 0.717) is 11.5 Å². The minimum atomic E-state index is -4.44. The lowest BCUT2D eigenvalue weighted by Gasteiger charge is -2.40. The lowest BCUT2D eigenvalue weighted by molar-refractivity contribution is -0.174. The van der Waals surface area contributed by atoms with Gasteiger partial charge in [0, 0.05) is 23.7 Å². The van der Waals surface area contributed by atoms with E-state index in [9.17, 15) is 18.0 Å². The zero-order chi connectivity index (χ0) is 21.0. The van der Waals surface area contributed by atoms with E-state index in [2.05, 4.69) is 10.3 Å². The standard InChI is InChI=1S/C21H19F3N4O2/c1-12-9-19-27(16(13-7-8-13)11-18(21(22,23)24)28(19)25-12)20(29)15-10-17(30-26-15)14-5-3-2-4-6-14/h2-6,9-10,13,16,18H,7-8,11H2,1H3/t16-,18-/m0/s1. The number of hydrogen-bond donors (Lipinski definition) is 0. The van der Waals surface area contributed by atoms with Crippen LogP contribution in [0.5, 0.6) is 0 Å². The van der Waals surface area contributed by atoms with E-state index in [1.54, 1.807) is 6.92 Å². The van der Waals surface area contributed by atoms with E-state index in [1.165, 1.54) is 17.0 Å². The third-order valence-electron chi connectivity index (χ3n) is 5.73. The summed E-state index contributed by atoms with van der Waals surface area (Å²) in [4.78, 5) is 14.8. The summed E-state index contributed by atoms with van der Waals surface area (Å²) in [6.45, 7) is 1.62. The predicted molar refractivity (Wildman–Crippen MR) is 102 cm³/mol. The van der Waals surface area contributed by atoms with Crippen molar-refractivity contribution in [1.29, 1.82) is 0 Å². The maximum Gasteiger partial charge on any atom is 0.410 e. The molecule has 1 aliphatic carbocycles. The number of alkyl halides is 3. The minimum Gasteiger partial charge on any atom is -0.355 e. The van der Waals surface area contributed by atoms with Gasteiger partial charge in [0.25, 0.3) is 5.91 Å². The van der Waals surface area contributed by atoms with Crippen LogP contribution in [0, 0.1) is 12.8 Å². The molecule has 9 heteroatoms. The van der Waals surface area contributed by atoms with Crippen LogP contribution in [0.15, 0.2) is 47.0 Å². The summed E-state index contributed by atoms with van der Waals surface area (Å²) in [6.07, 6.45) is -3.04. The third-order valence-corrected chi connectivity index (χ3v) is 5.73. The van der Waals surface area contributed by atoms with Gasteiger partial charge in [-0.2, -0.15) is 18.3 Å². The molecule has 0 bridgehead atoms. The Balaban J connectivity index is 1.55. The van der Waals surface area contributed by atoms with Crippen LogP contribution in [-0.4, -0.2) is 33.1 Å². The maximum absolute atomic E-state index is 13.7. The van der Waals surface area contributed by atoms with Crippen LogP contribution in [-0.2, 0) is 0 Å². The van der Waals surface area contributed by atoms with Gasteiger partial charge < -0.3 is 4.52 Å². The average Bonchev–Trinajstić information content (AvgIpc) is 3.30. The second-order valence-corrected chi connectivity index (χ2v) is 7.90. The maximum atomic E-state index is 13.7. The highest BCUT2D eigenvalue weighted by Crippen LogP contribution is 2.48. The number of aryl methyl sites for hydroxylation is 1. The Labute approximate surface area is 170 Å². The third kappa shape index (κ3) is 3.18. The first-order valence-electron chi connectivity index (χ1n) is 9.81. The molecule has 1 amide bonds. The van der Waals surface area contributed by atoms with Crippen molar-refractivity contribution in [2.24, 2.45) is 5.92 Å². The molecule has 0 N–H and O–H groups in total. The molecular formula is C21H19F3N4O2. The molecule has 3 aromatic rings. The van der Waals surface area contributed by atoms with Gasteiger partial charge in [0.05, 0.1) is 5.69 Å². The lowest BCUT2D eigenvalue weighted by Crippen LogP contribution is -2.50. The molecule has 1 aliphatic heterocycles. The van der Waals surface area contributed by atoms with Crippen LogP contribution in [0.3, 0.4) is 0 Å². The summed E-state index contributed by atoms with van der Waals surface area (Å²) in [5.74, 6) is 0.159. The molecule has 1 fully saturated rings. The summed E-state index contributed by atoms with van der Waals surface area (Å²) in [7, 11) is 0. The number of amides is 1. The summed E-state index contributed by atoms with van der Waals surface area (Å²) in [5.41, 5.74) is 1.26. The minimum absolute atomic E-state index is 0.0447. The van der Waals surface area contributed by atoms with Crippen molar-refractivity contribution in [3.63, 3.8) is 0 Å². The highest BCUT2D eigenvalue weighted by Gasteiger charge is 2.53. The van der Waals surface area contributed by atoms with Crippen LogP contribution < -0.4 is 4.90 Å². The van der Waals surface area contributed by atoms with Crippen LogP contribution in [0.25, 0.3) is 11.3 Å². The van der Waals surface area contributed by atoms with E-state index >= 15 is 0 Å². The van der Waals surface area contributed by atoms with Crippen molar-refractivity contribution in [2.45, 2.75) is 44.4 Å². The topological polar surface area (TPSA) is 64.2 Å². The second-order valence-electron chi connectivity index (χ2n) is 7.90. The smallest absolute Gasteiger partial charge is 0.355 e. The van der Waals surface area contributed by atoms with Crippen molar-refractivity contribution in [3.05, 3.63) is 53.9 Å². The molecule has 0 radical (unpaired) electrons. The van der Waals surface area contributed by atoms with Crippen molar-refractivity contribution in [3.8, 4) is 11.3 Å². The largest absolute Gasteiger partial charge is 0.410 e. The molecule has 2 atom stereocenters. The summed E-state index contributed by atoms with van der Waals surface area (Å²) < 4.78 is 47.5. The zero-order valence-corrected chi connectivity index (χ0v) is 16.1. The van der Waals surface area contributed by atoms with Crippen LogP contribution >= 0.6 is 0 Å². The Hall–Kier alpha value is -3.10. The van der Waals surface area contributed by atoms with Gasteiger partial charge in [-0.25, -0.2) is 4.68 Å². The average molecular weight is 416 g/mol. The van der Waals surface area contributed by atoms with E-state index in [0.717, 1.165) is 23.1 Å². The fourth-order valence-corrected chi connectivity index (χ4v) is 4.17. The first-order valence-corrected chi connectivity index (χ1v) is 9.81. The quantitative estimate of drug-likeness (QED) is 0.617. The molecular weight excluding hydrogens is 397 g/mol. The Morgan fingerprint density at radius 3 is 2.57 bits per heavy atom. The number of fused-ring (bicyclic) bond motifs is 1. The molecule has 2 aromatic heterocycles. The van der Waals surface area contributed by atoms with Gasteiger partial charge in [-0.05, 0) is 32.1 Å². The Kier molecular flexibility index (Phi) is 4.23. The molecule has 5 rings (SSSR count). The Bertz CT molecular complexity index is 1090. The molecule has 30 heavy (non-hydrogen) atoms. The Morgan fingerprint density at radius 2 is 1.90 bits per heavy atom. The van der Waals surface area contributed by atoms with Crippen molar-refractivity contribution < 1.29 is 22.5 Å². The number of aromatic nitrogens is 3. The number of hydrogen-bond acceptors (Lipinski definition) is 4. The van der Waals surface area contributed by atoms with Crippen molar-refractivity contribution in [2.75, 3.05) is 4.90 Å². The zero-order valence-electron chi connectivity index (χ0n) is 16.1. The van der Waals surface area contributed by atoms with Gasteiger partial charge in [0.2, 0.25) is 0 Å². The number of halogens is 3. The highest BCUT2D eigenvalue weighted by atomic mass is 19.4. The van der Waals surface area contributed by atoms with Crippen molar-refractivity contribution >= 4 is 11.7 Å². The molecule has 1 aromatic carbocycles. The van der Waals surface area contributed by atoms with E-state index < -0.39 is 24.2 Å². The van der Waals surface area contributed by atoms with Crippen molar-refractivity contribution in [1.82, 2.24) is 14.9 Å². The number of rotatable bonds is 3. The monoisotopic (exact) mass is 416 g/mol. The van der Waals surface area contributed by atoms with E-state index in [4.69, 9.17) is 4.52 Å². The molecule has 6 nitrogen and oxygen atoms in total. The number of carbonyl (C=O) groups is 1. The van der Waals surface area contributed by atoms with E-state index in [-0.39, 0.29) is 23.9 Å². The first kappa shape index (κ1) is 18.9. The molecule has 0 spiro atoms. The normalized spacial score (nSPS) is 21.5. The predicted octanol–water partition coefficient (Wildman–Crippen LogP) is 4.78. The highest BCUT2D eigenvalue weighted by molar-refractivity contribution is 6.05. The molecule has 2 aliphatic rings. The molecule has 156 valence electrons. The van der Waals surface area contributed by atoms with E-state index in [1.807, 2.05) is 30.3 Å². The lowest BCUT2D eigenvalue weighted by atomic mass is 9.97. The van der Waals surface area contributed by atoms with Crippen LogP contribution in [0.1, 0.15) is 41.5 Å². The summed E-state index contributed by atoms with van der Waals surface area (Å²) >= 11 is 0. The molecule has 3 heterocycles. The van der Waals surface area contributed by atoms with Gasteiger partial charge in [-0.1, -0.05) is 35.5 Å². The second kappa shape index (κ2) is 6.72. The Morgan fingerprint density at radius 1 is 1.17 bits per heavy atom. The van der Waals surface area contributed by atoms with Gasteiger partial charge in [-0.3, -0.25) is 9.69 Å². The van der Waals surface area contributed by atoms with Gasteiger partial charge in [0.1, 0.15) is 5.82 Å². The number of carbonyl (C=O) groups excluding carboxylic acids is 1. The fourth-order valence-electron chi connectivity index (χ4n) is 4.17. The number of anilines is 1. The molecule has 1 saturated carbocycles. The first-order chi connectivity index (χ1) is 14.3. The number of nitrogens with zero attached hydrogens (tertiary/aromatic N) is 4. The number of benzene rings is 1. The SMILES string of the molecule is Cc1cc2n(n1)[C@H](C(F)(F)F)C[C@@H](C1CC1)N2C(=O)c1cc(-c2ccccc2)on1. The van der Waals surface area contributed by atoms with Gasteiger partial charge >= 0.3 is 6.18 Å². The van der Waals surface area contributed by atoms with Gasteiger partial charge in [0.15, 0.2) is 17.5 Å². The van der Waals surface area contributed by atoms with Crippen LogP contribution in [0.4, 0.5) is 19.0 Å². The molecule has 0 saturated heterocycles. The fraction of sp³-hybridized carbons (Fsp3) is 0.381. The summed E-state index contributed by atoms with van der Waals surface area (Å²) in [5, 5.41) is 7.96. The van der Waals surface area contributed by atoms with Crippen LogP contribution in [0.2, 0.25) is 0 Å². The molecule has 0 unspecified atom stereocenters.